The number of aromatic nitrogens is 3. The number of amides is 1. The summed E-state index contributed by atoms with van der Waals surface area (Å²) >= 11 is 5.85. The zero-order chi connectivity index (χ0) is 18.1. The van der Waals surface area contributed by atoms with E-state index < -0.39 is 0 Å². The molecule has 0 aliphatic carbocycles. The first kappa shape index (κ1) is 16.4. The molecule has 7 heteroatoms. The fraction of sp³-hybridized carbons (Fsp3) is 0.105. The van der Waals surface area contributed by atoms with Gasteiger partial charge < -0.3 is 9.73 Å². The Morgan fingerprint density at radius 3 is 2.58 bits per heavy atom. The van der Waals surface area contributed by atoms with Crippen molar-refractivity contribution in [2.45, 2.75) is 13.3 Å². The molecule has 0 saturated carbocycles. The number of hydrogen-bond acceptors (Lipinski definition) is 4. The molecule has 0 saturated heterocycles. The molecule has 26 heavy (non-hydrogen) atoms. The lowest BCUT2D eigenvalue weighted by molar-refractivity contribution is -0.115. The van der Waals surface area contributed by atoms with E-state index in [1.165, 1.54) is 0 Å². The Morgan fingerprint density at radius 1 is 1.15 bits per heavy atom. The van der Waals surface area contributed by atoms with Crippen LogP contribution in [0.15, 0.2) is 59.1 Å². The van der Waals surface area contributed by atoms with E-state index in [0.717, 1.165) is 17.0 Å². The van der Waals surface area contributed by atoms with Crippen molar-refractivity contribution in [1.29, 1.82) is 0 Å². The molecule has 2 aromatic heterocycles. The Kier molecular flexibility index (Phi) is 4.18. The minimum atomic E-state index is -0.0906. The molecule has 2 aromatic carbocycles. The maximum atomic E-state index is 12.2. The maximum Gasteiger partial charge on any atom is 0.246 e. The summed E-state index contributed by atoms with van der Waals surface area (Å²) in [6.45, 7) is 1.86. The molecule has 0 aliphatic rings. The van der Waals surface area contributed by atoms with Gasteiger partial charge in [0.1, 0.15) is 5.82 Å². The van der Waals surface area contributed by atoms with Crippen molar-refractivity contribution in [3.8, 4) is 11.5 Å². The number of rotatable bonds is 4. The van der Waals surface area contributed by atoms with Gasteiger partial charge in [-0.05, 0) is 48.9 Å². The number of nitrogens with one attached hydrogen (secondary N) is 1. The number of imidazole rings is 1. The van der Waals surface area contributed by atoms with Crippen LogP contribution in [0.2, 0.25) is 5.02 Å². The highest BCUT2D eigenvalue weighted by Crippen LogP contribution is 2.22. The molecule has 130 valence electrons. The van der Waals surface area contributed by atoms with Gasteiger partial charge in [-0.25, -0.2) is 4.98 Å². The molecule has 4 aromatic rings. The lowest BCUT2D eigenvalue weighted by atomic mass is 10.1. The van der Waals surface area contributed by atoms with E-state index >= 15 is 0 Å². The molecular formula is C19H15ClN4O2. The van der Waals surface area contributed by atoms with Crippen LogP contribution in [0, 0.1) is 6.92 Å². The van der Waals surface area contributed by atoms with Crippen LogP contribution in [0.25, 0.3) is 17.2 Å². The van der Waals surface area contributed by atoms with Crippen molar-refractivity contribution in [3.63, 3.8) is 0 Å². The highest BCUT2D eigenvalue weighted by molar-refractivity contribution is 6.30. The molecule has 0 atom stereocenters. The quantitative estimate of drug-likeness (QED) is 0.589. The molecule has 2 heterocycles. The van der Waals surface area contributed by atoms with Crippen LogP contribution >= 0.6 is 11.6 Å². The molecule has 6 nitrogen and oxygen atoms in total. The van der Waals surface area contributed by atoms with Gasteiger partial charge in [0.2, 0.25) is 17.5 Å². The molecule has 0 aliphatic heterocycles. The van der Waals surface area contributed by atoms with Crippen LogP contribution < -0.4 is 5.32 Å². The van der Waals surface area contributed by atoms with Crippen LogP contribution in [-0.2, 0) is 11.2 Å². The fourth-order valence-corrected chi connectivity index (χ4v) is 2.75. The van der Waals surface area contributed by atoms with Crippen molar-refractivity contribution in [3.05, 3.63) is 71.1 Å². The summed E-state index contributed by atoms with van der Waals surface area (Å²) in [5.74, 6) is 1.18. The lowest BCUT2D eigenvalue weighted by Gasteiger charge is -2.06. The van der Waals surface area contributed by atoms with E-state index in [4.69, 9.17) is 16.0 Å². The molecule has 0 unspecified atom stereocenters. The number of anilines is 1. The van der Waals surface area contributed by atoms with E-state index in [1.54, 1.807) is 22.8 Å². The van der Waals surface area contributed by atoms with E-state index in [0.29, 0.717) is 22.3 Å². The normalized spacial score (nSPS) is 11.0. The largest absolute Gasteiger partial charge is 0.417 e. The van der Waals surface area contributed by atoms with Gasteiger partial charge >= 0.3 is 0 Å². The summed E-state index contributed by atoms with van der Waals surface area (Å²) in [6, 6.07) is 14.6. The second kappa shape index (κ2) is 6.65. The zero-order valence-electron chi connectivity index (χ0n) is 13.9. The summed E-state index contributed by atoms with van der Waals surface area (Å²) in [6.07, 6.45) is 1.92. The number of halogens is 1. The van der Waals surface area contributed by atoms with Gasteiger partial charge in [0, 0.05) is 16.3 Å². The topological polar surface area (TPSA) is 72.4 Å². The zero-order valence-corrected chi connectivity index (χ0v) is 14.7. The third-order valence-corrected chi connectivity index (χ3v) is 4.21. The first-order valence-corrected chi connectivity index (χ1v) is 8.42. The smallest absolute Gasteiger partial charge is 0.246 e. The van der Waals surface area contributed by atoms with Crippen LogP contribution in [0.3, 0.4) is 0 Å². The van der Waals surface area contributed by atoms with E-state index in [9.17, 15) is 4.79 Å². The summed E-state index contributed by atoms with van der Waals surface area (Å²) in [5, 5.41) is 7.91. The third kappa shape index (κ3) is 3.32. The van der Waals surface area contributed by atoms with Gasteiger partial charge in [0.25, 0.3) is 0 Å². The van der Waals surface area contributed by atoms with Gasteiger partial charge in [0.15, 0.2) is 0 Å². The average Bonchev–Trinajstić information content (AvgIpc) is 3.20. The standard InChI is InChI=1S/C19H15ClN4O2/c1-12-21-11-18-24(12)23-19(26-18)14-4-8-16(9-5-14)22-17(25)10-13-2-6-15(20)7-3-13/h2-9,11H,10H2,1H3,(H,22,25). The number of benzene rings is 2. The molecule has 0 spiro atoms. The SMILES string of the molecule is Cc1ncc2oc(-c3ccc(NC(=O)Cc4ccc(Cl)cc4)cc3)nn12. The summed E-state index contributed by atoms with van der Waals surface area (Å²) in [7, 11) is 0. The maximum absolute atomic E-state index is 12.2. The Bertz CT molecular complexity index is 1070. The number of hydrogen-bond donors (Lipinski definition) is 1. The second-order valence-electron chi connectivity index (χ2n) is 5.89. The number of carbonyl (C=O) groups excluding carboxylic acids is 1. The Labute approximate surface area is 154 Å². The Hall–Kier alpha value is -3.12. The Balaban J connectivity index is 1.45. The third-order valence-electron chi connectivity index (χ3n) is 3.96. The highest BCUT2D eigenvalue weighted by atomic mass is 35.5. The van der Waals surface area contributed by atoms with Crippen LogP contribution in [0.5, 0.6) is 0 Å². The van der Waals surface area contributed by atoms with E-state index in [2.05, 4.69) is 15.4 Å². The van der Waals surface area contributed by atoms with Crippen LogP contribution in [0.4, 0.5) is 5.69 Å². The van der Waals surface area contributed by atoms with Crippen molar-refractivity contribution in [1.82, 2.24) is 14.6 Å². The molecule has 0 radical (unpaired) electrons. The summed E-state index contributed by atoms with van der Waals surface area (Å²) in [4.78, 5) is 16.3. The van der Waals surface area contributed by atoms with Crippen molar-refractivity contribution < 1.29 is 9.21 Å². The molecule has 1 amide bonds. The van der Waals surface area contributed by atoms with E-state index in [-0.39, 0.29) is 12.3 Å². The highest BCUT2D eigenvalue weighted by Gasteiger charge is 2.11. The van der Waals surface area contributed by atoms with Crippen molar-refractivity contribution in [2.75, 3.05) is 5.32 Å². The molecule has 4 rings (SSSR count). The molecular weight excluding hydrogens is 352 g/mol. The van der Waals surface area contributed by atoms with Crippen molar-refractivity contribution >= 4 is 28.9 Å². The van der Waals surface area contributed by atoms with Crippen LogP contribution in [-0.4, -0.2) is 20.5 Å². The Morgan fingerprint density at radius 2 is 1.88 bits per heavy atom. The predicted molar refractivity (Wildman–Crippen MR) is 99.2 cm³/mol. The summed E-state index contributed by atoms with van der Waals surface area (Å²) in [5.41, 5.74) is 3.04. The van der Waals surface area contributed by atoms with Gasteiger partial charge in [-0.1, -0.05) is 23.7 Å². The van der Waals surface area contributed by atoms with Gasteiger partial charge in [-0.15, -0.1) is 5.10 Å². The van der Waals surface area contributed by atoms with Crippen LogP contribution in [0.1, 0.15) is 11.4 Å². The number of nitrogens with zero attached hydrogens (tertiary/aromatic N) is 3. The van der Waals surface area contributed by atoms with Gasteiger partial charge in [-0.3, -0.25) is 4.79 Å². The van der Waals surface area contributed by atoms with Gasteiger partial charge in [0.05, 0.1) is 12.6 Å². The van der Waals surface area contributed by atoms with Gasteiger partial charge in [-0.2, -0.15) is 4.52 Å². The van der Waals surface area contributed by atoms with Crippen molar-refractivity contribution in [2.24, 2.45) is 0 Å². The number of carbonyl (C=O) groups is 1. The monoisotopic (exact) mass is 366 g/mol. The first-order chi connectivity index (χ1) is 12.6. The molecule has 0 fully saturated rings. The molecule has 1 N–H and O–H groups in total. The fourth-order valence-electron chi connectivity index (χ4n) is 2.62. The predicted octanol–water partition coefficient (Wildman–Crippen LogP) is 4.13. The first-order valence-electron chi connectivity index (χ1n) is 8.04. The lowest BCUT2D eigenvalue weighted by Crippen LogP contribution is -2.14. The minimum Gasteiger partial charge on any atom is -0.417 e. The second-order valence-corrected chi connectivity index (χ2v) is 6.33. The van der Waals surface area contributed by atoms with E-state index in [1.807, 2.05) is 43.3 Å². The number of aryl methyl sites for hydroxylation is 1. The minimum absolute atomic E-state index is 0.0906. The molecule has 0 bridgehead atoms. The summed E-state index contributed by atoms with van der Waals surface area (Å²) < 4.78 is 7.33. The number of fused-ring (bicyclic) bond motifs is 1. The average molecular weight is 367 g/mol.